The molecule has 0 saturated heterocycles. The van der Waals surface area contributed by atoms with Crippen LogP contribution in [0.25, 0.3) is 0 Å². The number of carbonyl (C=O) groups is 1. The smallest absolute Gasteiger partial charge is 0.326 e. The third-order valence-corrected chi connectivity index (χ3v) is 2.09. The van der Waals surface area contributed by atoms with Crippen molar-refractivity contribution in [1.82, 2.24) is 10.5 Å². The van der Waals surface area contributed by atoms with Crippen LogP contribution >= 0.6 is 0 Å². The minimum Gasteiger partial charge on any atom is -0.480 e. The van der Waals surface area contributed by atoms with Gasteiger partial charge in [0.25, 0.3) is 0 Å². The van der Waals surface area contributed by atoms with Gasteiger partial charge in [-0.1, -0.05) is 35.6 Å². The average molecular weight is 239 g/mol. The van der Waals surface area contributed by atoms with E-state index >= 15 is 0 Å². The summed E-state index contributed by atoms with van der Waals surface area (Å²) >= 11 is 0. The molecule has 0 radical (unpaired) electrons. The van der Waals surface area contributed by atoms with Gasteiger partial charge in [-0.25, -0.2) is 4.79 Å². The summed E-state index contributed by atoms with van der Waals surface area (Å²) in [5, 5.41) is 34.8. The zero-order valence-electron chi connectivity index (χ0n) is 8.87. The summed E-state index contributed by atoms with van der Waals surface area (Å²) in [6.07, 6.45) is 0.131. The third kappa shape index (κ3) is 4.09. The highest BCUT2D eigenvalue weighted by molar-refractivity contribution is 5.82. The van der Waals surface area contributed by atoms with E-state index in [0.29, 0.717) is 0 Å². The van der Waals surface area contributed by atoms with Crippen LogP contribution in [0.1, 0.15) is 5.56 Å². The summed E-state index contributed by atoms with van der Waals surface area (Å²) < 4.78 is 0. The largest absolute Gasteiger partial charge is 0.480 e. The number of benzene rings is 1. The maximum absolute atomic E-state index is 10.9. The number of aliphatic carboxylic acids is 1. The van der Waals surface area contributed by atoms with Gasteiger partial charge in [-0.15, -0.1) is 0 Å². The van der Waals surface area contributed by atoms with Crippen LogP contribution in [0.5, 0.6) is 0 Å². The zero-order valence-corrected chi connectivity index (χ0v) is 8.87. The van der Waals surface area contributed by atoms with Gasteiger partial charge in [-0.05, 0) is 5.56 Å². The van der Waals surface area contributed by atoms with Crippen LogP contribution in [0.4, 0.5) is 0 Å². The summed E-state index contributed by atoms with van der Waals surface area (Å²) in [6.45, 7) is 0. The predicted molar refractivity (Wildman–Crippen MR) is 57.8 cm³/mol. The quantitative estimate of drug-likeness (QED) is 0.293. The first-order valence-electron chi connectivity index (χ1n) is 4.80. The topological polar surface area (TPSA) is 117 Å². The Kier molecular flexibility index (Phi) is 4.44. The number of guanidine groups is 1. The Morgan fingerprint density at radius 3 is 2.41 bits per heavy atom. The van der Waals surface area contributed by atoms with Crippen molar-refractivity contribution in [1.29, 1.82) is 5.41 Å². The molecule has 7 heteroatoms. The molecule has 0 spiro atoms. The van der Waals surface area contributed by atoms with E-state index in [9.17, 15) is 4.79 Å². The molecule has 1 aromatic rings. The number of rotatable bonds is 4. The summed E-state index contributed by atoms with van der Waals surface area (Å²) in [6, 6.07) is 7.73. The van der Waals surface area contributed by atoms with Crippen molar-refractivity contribution in [2.45, 2.75) is 12.5 Å². The first-order valence-corrected chi connectivity index (χ1v) is 4.80. The Morgan fingerprint density at radius 1 is 1.35 bits per heavy atom. The summed E-state index contributed by atoms with van der Waals surface area (Å²) in [5.41, 5.74) is 0.766. The fraction of sp³-hybridized carbons (Fsp3) is 0.200. The molecule has 0 fully saturated rings. The van der Waals surface area contributed by atoms with Gasteiger partial charge in [0, 0.05) is 6.42 Å². The van der Waals surface area contributed by atoms with Gasteiger partial charge in [0.1, 0.15) is 6.04 Å². The third-order valence-electron chi connectivity index (χ3n) is 2.09. The van der Waals surface area contributed by atoms with E-state index < -0.39 is 23.2 Å². The SMILES string of the molecule is N=C(NC(Cc1ccccc1)C(=O)O)N(O)O. The van der Waals surface area contributed by atoms with Crippen LogP contribution < -0.4 is 5.32 Å². The first kappa shape index (κ1) is 12.9. The number of hydrogen-bond acceptors (Lipinski definition) is 4. The molecule has 0 aliphatic carbocycles. The number of carboxylic acids is 1. The van der Waals surface area contributed by atoms with E-state index in [-0.39, 0.29) is 6.42 Å². The molecule has 1 aromatic carbocycles. The van der Waals surface area contributed by atoms with Crippen molar-refractivity contribution in [3.63, 3.8) is 0 Å². The Balaban J connectivity index is 2.68. The van der Waals surface area contributed by atoms with Crippen molar-refractivity contribution in [3.8, 4) is 0 Å². The Bertz CT molecular complexity index is 394. The number of nitrogens with one attached hydrogen (secondary N) is 2. The number of carboxylic acid groups (broad SMARTS) is 1. The molecule has 0 heterocycles. The molecule has 0 bridgehead atoms. The van der Waals surface area contributed by atoms with Gasteiger partial charge in [-0.2, -0.15) is 0 Å². The zero-order chi connectivity index (χ0) is 12.8. The molecule has 0 aliphatic rings. The molecule has 1 rings (SSSR count). The van der Waals surface area contributed by atoms with Crippen molar-refractivity contribution < 1.29 is 20.3 Å². The minimum atomic E-state index is -1.18. The summed E-state index contributed by atoms with van der Waals surface area (Å²) in [4.78, 5) is 10.9. The Morgan fingerprint density at radius 2 is 1.94 bits per heavy atom. The van der Waals surface area contributed by atoms with Gasteiger partial charge in [0.2, 0.25) is 5.96 Å². The Hall–Kier alpha value is -2.12. The standard InChI is InChI=1S/C10H13N3O4/c11-10(13(16)17)12-8(9(14)15)6-7-4-2-1-3-5-7/h1-5,8,16-17H,6H2,(H2,11,12)(H,14,15). The second-order valence-corrected chi connectivity index (χ2v) is 3.36. The van der Waals surface area contributed by atoms with Crippen LogP contribution in [0.2, 0.25) is 0 Å². The van der Waals surface area contributed by atoms with Gasteiger partial charge < -0.3 is 10.4 Å². The lowest BCUT2D eigenvalue weighted by molar-refractivity contribution is -0.248. The lowest BCUT2D eigenvalue weighted by atomic mass is 10.1. The predicted octanol–water partition coefficient (Wildman–Crippen LogP) is 0.287. The Labute approximate surface area is 97.3 Å². The van der Waals surface area contributed by atoms with Crippen LogP contribution in [-0.2, 0) is 11.2 Å². The highest BCUT2D eigenvalue weighted by Crippen LogP contribution is 2.03. The maximum Gasteiger partial charge on any atom is 0.326 e. The van der Waals surface area contributed by atoms with E-state index in [1.54, 1.807) is 30.3 Å². The normalized spacial score (nSPS) is 11.6. The molecule has 0 saturated carbocycles. The molecular weight excluding hydrogens is 226 g/mol. The molecule has 1 atom stereocenters. The first-order chi connectivity index (χ1) is 8.00. The van der Waals surface area contributed by atoms with Crippen LogP contribution in [0, 0.1) is 5.41 Å². The molecule has 0 aromatic heterocycles. The van der Waals surface area contributed by atoms with Gasteiger partial charge in [0.15, 0.2) is 0 Å². The fourth-order valence-electron chi connectivity index (χ4n) is 1.27. The van der Waals surface area contributed by atoms with Gasteiger partial charge in [-0.3, -0.25) is 15.8 Å². The minimum absolute atomic E-state index is 0.131. The van der Waals surface area contributed by atoms with Crippen molar-refractivity contribution in [2.75, 3.05) is 0 Å². The van der Waals surface area contributed by atoms with Gasteiger partial charge in [0.05, 0.1) is 0 Å². The molecular formula is C10H13N3O4. The van der Waals surface area contributed by atoms with Crippen molar-refractivity contribution >= 4 is 11.9 Å². The lowest BCUT2D eigenvalue weighted by Crippen LogP contribution is -2.47. The molecule has 0 amide bonds. The molecule has 5 N–H and O–H groups in total. The van der Waals surface area contributed by atoms with E-state index in [1.807, 2.05) is 0 Å². The van der Waals surface area contributed by atoms with E-state index in [2.05, 4.69) is 5.32 Å². The van der Waals surface area contributed by atoms with E-state index in [0.717, 1.165) is 5.56 Å². The summed E-state index contributed by atoms with van der Waals surface area (Å²) in [5.74, 6) is -1.98. The van der Waals surface area contributed by atoms with Crippen molar-refractivity contribution in [3.05, 3.63) is 35.9 Å². The average Bonchev–Trinajstić information content (AvgIpc) is 2.29. The second kappa shape index (κ2) is 5.83. The van der Waals surface area contributed by atoms with Crippen molar-refractivity contribution in [2.24, 2.45) is 0 Å². The highest BCUT2D eigenvalue weighted by Gasteiger charge is 2.20. The van der Waals surface area contributed by atoms with Gasteiger partial charge >= 0.3 is 5.97 Å². The number of hydrogen-bond donors (Lipinski definition) is 5. The van der Waals surface area contributed by atoms with Crippen LogP contribution in [0.3, 0.4) is 0 Å². The second-order valence-electron chi connectivity index (χ2n) is 3.36. The number of hydroxylamine groups is 2. The van der Waals surface area contributed by atoms with Crippen LogP contribution in [0.15, 0.2) is 30.3 Å². The fourth-order valence-corrected chi connectivity index (χ4v) is 1.27. The van der Waals surface area contributed by atoms with E-state index in [4.69, 9.17) is 20.9 Å². The highest BCUT2D eigenvalue weighted by atomic mass is 16.8. The maximum atomic E-state index is 10.9. The van der Waals surface area contributed by atoms with E-state index in [1.165, 1.54) is 0 Å². The monoisotopic (exact) mass is 239 g/mol. The molecule has 1 unspecified atom stereocenters. The molecule has 7 nitrogen and oxygen atoms in total. The van der Waals surface area contributed by atoms with Crippen LogP contribution in [-0.4, -0.2) is 38.7 Å². The molecule has 0 aliphatic heterocycles. The number of nitrogens with zero attached hydrogens (tertiary/aromatic N) is 1. The molecule has 17 heavy (non-hydrogen) atoms. The summed E-state index contributed by atoms with van der Waals surface area (Å²) in [7, 11) is 0. The molecule has 92 valence electrons. The lowest BCUT2D eigenvalue weighted by Gasteiger charge is -2.17.